The van der Waals surface area contributed by atoms with Gasteiger partial charge in [-0.05, 0) is 12.8 Å². The van der Waals surface area contributed by atoms with E-state index in [-0.39, 0.29) is 6.41 Å². The van der Waals surface area contributed by atoms with Crippen molar-refractivity contribution in [1.29, 1.82) is 0 Å². The molecule has 0 aromatic heterocycles. The average Bonchev–Trinajstić information content (AvgIpc) is 2.42. The normalized spacial score (nSPS) is 20.5. The van der Waals surface area contributed by atoms with Gasteiger partial charge in [0.15, 0.2) is 0 Å². The van der Waals surface area contributed by atoms with Gasteiger partial charge in [0.05, 0.1) is 0 Å². The van der Waals surface area contributed by atoms with Gasteiger partial charge in [0.1, 0.15) is 0 Å². The summed E-state index contributed by atoms with van der Waals surface area (Å²) >= 11 is 0. The molecule has 4 heteroatoms. The van der Waals surface area contributed by atoms with Gasteiger partial charge in [-0.15, -0.1) is 0 Å². The maximum absolute atomic E-state index is 5.07. The second kappa shape index (κ2) is 6.32. The zero-order valence-electron chi connectivity index (χ0n) is 8.58. The van der Waals surface area contributed by atoms with Crippen LogP contribution in [-0.4, -0.2) is 38.7 Å². The largest absolute Gasteiger partial charge is 0.342 e. The van der Waals surface area contributed by atoms with Gasteiger partial charge in [0, 0.05) is 27.3 Å². The van der Waals surface area contributed by atoms with Crippen LogP contribution >= 0.6 is 0 Å². The number of hydrogen-bond donors (Lipinski definition) is 1. The van der Waals surface area contributed by atoms with Crippen molar-refractivity contribution >= 4 is 0 Å². The lowest BCUT2D eigenvalue weighted by Gasteiger charge is -2.25. The van der Waals surface area contributed by atoms with Gasteiger partial charge in [0.2, 0.25) is 6.41 Å². The Morgan fingerprint density at radius 1 is 1.00 bits per heavy atom. The molecule has 0 bridgehead atoms. The first-order chi connectivity index (χ1) is 6.36. The van der Waals surface area contributed by atoms with Crippen molar-refractivity contribution in [2.24, 2.45) is 0 Å². The molecule has 0 saturated carbocycles. The lowest BCUT2D eigenvalue weighted by molar-refractivity contribution is -0.158. The molecule has 78 valence electrons. The molecule has 0 radical (unpaired) electrons. The third-order valence-corrected chi connectivity index (χ3v) is 2.32. The molecule has 0 spiro atoms. The van der Waals surface area contributed by atoms with Crippen LogP contribution < -0.4 is 5.43 Å². The quantitative estimate of drug-likeness (QED) is 0.666. The van der Waals surface area contributed by atoms with Gasteiger partial charge in [-0.25, -0.2) is 10.4 Å². The Balaban J connectivity index is 2.24. The van der Waals surface area contributed by atoms with E-state index >= 15 is 0 Å². The standard InChI is InChI=1S/C9H20N2O2/c1-12-9(13-2)10-11-7-5-3-4-6-8-11/h9-10H,3-8H2,1-2H3. The van der Waals surface area contributed by atoms with Gasteiger partial charge >= 0.3 is 0 Å². The van der Waals surface area contributed by atoms with Crippen molar-refractivity contribution in [3.8, 4) is 0 Å². The molecule has 0 aromatic rings. The third-order valence-electron chi connectivity index (χ3n) is 2.32. The summed E-state index contributed by atoms with van der Waals surface area (Å²) in [7, 11) is 3.28. The average molecular weight is 188 g/mol. The van der Waals surface area contributed by atoms with Crippen LogP contribution in [0.15, 0.2) is 0 Å². The molecule has 1 aliphatic heterocycles. The van der Waals surface area contributed by atoms with Crippen molar-refractivity contribution in [3.63, 3.8) is 0 Å². The molecule has 1 N–H and O–H groups in total. The van der Waals surface area contributed by atoms with Crippen LogP contribution in [0.2, 0.25) is 0 Å². The minimum Gasteiger partial charge on any atom is -0.342 e. The highest BCUT2D eigenvalue weighted by atomic mass is 16.7. The fraction of sp³-hybridized carbons (Fsp3) is 1.00. The Labute approximate surface area is 80.2 Å². The molecule has 1 heterocycles. The van der Waals surface area contributed by atoms with Crippen LogP contribution in [0.5, 0.6) is 0 Å². The molecule has 4 nitrogen and oxygen atoms in total. The molecular weight excluding hydrogens is 168 g/mol. The highest BCUT2D eigenvalue weighted by Gasteiger charge is 2.12. The fourth-order valence-corrected chi connectivity index (χ4v) is 1.55. The summed E-state index contributed by atoms with van der Waals surface area (Å²) in [5.74, 6) is 0. The number of hydrazine groups is 1. The van der Waals surface area contributed by atoms with E-state index in [2.05, 4.69) is 10.4 Å². The first-order valence-electron chi connectivity index (χ1n) is 4.93. The second-order valence-corrected chi connectivity index (χ2v) is 3.33. The molecule has 1 saturated heterocycles. The topological polar surface area (TPSA) is 33.7 Å². The van der Waals surface area contributed by atoms with Crippen molar-refractivity contribution in [3.05, 3.63) is 0 Å². The maximum atomic E-state index is 5.07. The zero-order valence-corrected chi connectivity index (χ0v) is 8.58. The van der Waals surface area contributed by atoms with Crippen LogP contribution in [0.3, 0.4) is 0 Å². The van der Waals surface area contributed by atoms with E-state index in [4.69, 9.17) is 9.47 Å². The van der Waals surface area contributed by atoms with Crippen molar-refractivity contribution in [1.82, 2.24) is 10.4 Å². The van der Waals surface area contributed by atoms with E-state index in [0.29, 0.717) is 0 Å². The number of ether oxygens (including phenoxy) is 2. The highest BCUT2D eigenvalue weighted by molar-refractivity contribution is 4.59. The van der Waals surface area contributed by atoms with Crippen LogP contribution in [-0.2, 0) is 9.47 Å². The van der Waals surface area contributed by atoms with Gasteiger partial charge in [0.25, 0.3) is 0 Å². The summed E-state index contributed by atoms with van der Waals surface area (Å²) in [5.41, 5.74) is 3.18. The van der Waals surface area contributed by atoms with Crippen molar-refractivity contribution in [2.45, 2.75) is 32.1 Å². The summed E-state index contributed by atoms with van der Waals surface area (Å²) in [6.45, 7) is 2.17. The Kier molecular flexibility index (Phi) is 5.31. The Morgan fingerprint density at radius 2 is 1.54 bits per heavy atom. The molecule has 1 rings (SSSR count). The molecular formula is C9H20N2O2. The minimum atomic E-state index is -0.307. The van der Waals surface area contributed by atoms with E-state index in [9.17, 15) is 0 Å². The fourth-order valence-electron chi connectivity index (χ4n) is 1.55. The van der Waals surface area contributed by atoms with Crippen LogP contribution in [0.1, 0.15) is 25.7 Å². The van der Waals surface area contributed by atoms with Crippen LogP contribution in [0.4, 0.5) is 0 Å². The van der Waals surface area contributed by atoms with Crippen LogP contribution in [0.25, 0.3) is 0 Å². The van der Waals surface area contributed by atoms with Gasteiger partial charge in [-0.1, -0.05) is 12.8 Å². The number of methoxy groups -OCH3 is 2. The lowest BCUT2D eigenvalue weighted by atomic mass is 10.2. The number of nitrogens with one attached hydrogen (secondary N) is 1. The summed E-state index contributed by atoms with van der Waals surface area (Å²) < 4.78 is 10.1. The molecule has 13 heavy (non-hydrogen) atoms. The first-order valence-corrected chi connectivity index (χ1v) is 4.93. The molecule has 0 amide bonds. The van der Waals surface area contributed by atoms with Gasteiger partial charge in [-0.3, -0.25) is 0 Å². The Morgan fingerprint density at radius 3 is 2.00 bits per heavy atom. The van der Waals surface area contributed by atoms with Gasteiger partial charge in [-0.2, -0.15) is 0 Å². The van der Waals surface area contributed by atoms with E-state index in [1.165, 1.54) is 25.7 Å². The molecule has 1 aliphatic rings. The Bertz CT molecular complexity index is 121. The minimum absolute atomic E-state index is 0.307. The first kappa shape index (κ1) is 10.9. The van der Waals surface area contributed by atoms with E-state index in [1.807, 2.05) is 0 Å². The SMILES string of the molecule is COC(NN1CCCCCC1)OC. The summed E-state index contributed by atoms with van der Waals surface area (Å²) in [5, 5.41) is 2.19. The van der Waals surface area contributed by atoms with E-state index in [1.54, 1.807) is 14.2 Å². The molecule has 0 aliphatic carbocycles. The predicted molar refractivity (Wildman–Crippen MR) is 51.0 cm³/mol. The van der Waals surface area contributed by atoms with Crippen molar-refractivity contribution < 1.29 is 9.47 Å². The third kappa shape index (κ3) is 4.04. The summed E-state index contributed by atoms with van der Waals surface area (Å²) in [6.07, 6.45) is 4.88. The molecule has 0 unspecified atom stereocenters. The molecule has 0 atom stereocenters. The number of hydrogen-bond acceptors (Lipinski definition) is 4. The summed E-state index contributed by atoms with van der Waals surface area (Å²) in [6, 6.07) is 0. The van der Waals surface area contributed by atoms with Crippen molar-refractivity contribution in [2.75, 3.05) is 27.3 Å². The lowest BCUT2D eigenvalue weighted by Crippen LogP contribution is -2.46. The second-order valence-electron chi connectivity index (χ2n) is 3.33. The van der Waals surface area contributed by atoms with Crippen LogP contribution in [0, 0.1) is 0 Å². The highest BCUT2D eigenvalue weighted by Crippen LogP contribution is 2.07. The number of nitrogens with zero attached hydrogens (tertiary/aromatic N) is 1. The van der Waals surface area contributed by atoms with E-state index < -0.39 is 0 Å². The molecule has 1 fully saturated rings. The smallest absolute Gasteiger partial charge is 0.228 e. The van der Waals surface area contributed by atoms with Gasteiger partial charge < -0.3 is 9.47 Å². The number of rotatable bonds is 4. The Hall–Kier alpha value is -0.160. The maximum Gasteiger partial charge on any atom is 0.228 e. The molecule has 0 aromatic carbocycles. The zero-order chi connectivity index (χ0) is 9.52. The monoisotopic (exact) mass is 188 g/mol. The predicted octanol–water partition coefficient (Wildman–Crippen LogP) is 0.943. The van der Waals surface area contributed by atoms with E-state index in [0.717, 1.165) is 13.1 Å². The summed E-state index contributed by atoms with van der Waals surface area (Å²) in [4.78, 5) is 0.